The van der Waals surface area contributed by atoms with Gasteiger partial charge in [-0.1, -0.05) is 38.1 Å². The van der Waals surface area contributed by atoms with Gasteiger partial charge in [-0.05, 0) is 12.1 Å². The molecule has 2 aromatic rings. The van der Waals surface area contributed by atoms with Crippen LogP contribution in [0.5, 0.6) is 0 Å². The van der Waals surface area contributed by atoms with Gasteiger partial charge < -0.3 is 9.51 Å². The Hall–Kier alpha value is -1.49. The highest BCUT2D eigenvalue weighted by molar-refractivity contribution is 7.71. The number of hydrogen-bond donors (Lipinski definition) is 1. The van der Waals surface area contributed by atoms with Crippen molar-refractivity contribution in [1.82, 2.24) is 15.1 Å². The second-order valence-electron chi connectivity index (χ2n) is 4.61. The number of nitrogens with one attached hydrogen (secondary N) is 1. The fourth-order valence-electron chi connectivity index (χ4n) is 1.19. The fraction of sp³-hybridized carbons (Fsp3) is 0.364. The molecule has 1 N–H and O–H groups in total. The third-order valence-electron chi connectivity index (χ3n) is 2.13. The molecule has 0 amide bonds. The van der Waals surface area contributed by atoms with Crippen molar-refractivity contribution in [2.24, 2.45) is 0 Å². The minimum atomic E-state index is -0.108. The third-order valence-corrected chi connectivity index (χ3v) is 2.38. The van der Waals surface area contributed by atoms with E-state index in [9.17, 15) is 0 Å². The Morgan fingerprint density at radius 1 is 1.31 bits per heavy atom. The predicted octanol–water partition coefficient (Wildman–Crippen LogP) is 3.09. The smallest absolute Gasteiger partial charge is 0.259 e. The van der Waals surface area contributed by atoms with Gasteiger partial charge >= 0.3 is 0 Å². The van der Waals surface area contributed by atoms with E-state index in [2.05, 4.69) is 15.1 Å². The summed E-state index contributed by atoms with van der Waals surface area (Å²) in [6.45, 7) is 6.13. The van der Waals surface area contributed by atoms with Crippen LogP contribution in [-0.2, 0) is 5.41 Å². The second kappa shape index (κ2) is 3.83. The van der Waals surface area contributed by atoms with Crippen molar-refractivity contribution in [3.8, 4) is 11.5 Å². The largest absolute Gasteiger partial charge is 0.352 e. The maximum absolute atomic E-state index is 5.20. The Bertz CT molecular complexity index is 530. The second-order valence-corrected chi connectivity index (χ2v) is 5.05. The third kappa shape index (κ3) is 2.19. The molecule has 0 aliphatic heterocycles. The first-order valence-corrected chi connectivity index (χ1v) is 5.41. The molecule has 0 aromatic carbocycles. The molecular formula is C11H13N3OS. The van der Waals surface area contributed by atoms with Gasteiger partial charge in [-0.15, -0.1) is 0 Å². The predicted molar refractivity (Wildman–Crippen MR) is 63.6 cm³/mol. The van der Waals surface area contributed by atoms with E-state index in [1.165, 1.54) is 0 Å². The summed E-state index contributed by atoms with van der Waals surface area (Å²) in [4.78, 5) is 7.28. The number of rotatable bonds is 1. The van der Waals surface area contributed by atoms with Crippen LogP contribution in [0.15, 0.2) is 22.9 Å². The molecule has 0 bridgehead atoms. The fourth-order valence-corrected chi connectivity index (χ4v) is 1.32. The maximum Gasteiger partial charge on any atom is 0.259 e. The van der Waals surface area contributed by atoms with E-state index in [4.69, 9.17) is 16.7 Å². The molecule has 4 nitrogen and oxygen atoms in total. The first-order valence-electron chi connectivity index (χ1n) is 5.00. The summed E-state index contributed by atoms with van der Waals surface area (Å²) in [5.41, 5.74) is 0.736. The average Bonchev–Trinajstić information content (AvgIpc) is 2.67. The summed E-state index contributed by atoms with van der Waals surface area (Å²) in [5.74, 6) is 1.21. The molecule has 5 heteroatoms. The molecule has 84 valence electrons. The number of aromatic amines is 1. The molecule has 2 rings (SSSR count). The molecule has 0 aliphatic rings. The van der Waals surface area contributed by atoms with E-state index in [0.717, 1.165) is 5.56 Å². The molecule has 0 saturated heterocycles. The molecule has 2 heterocycles. The maximum atomic E-state index is 5.20. The lowest BCUT2D eigenvalue weighted by molar-refractivity contribution is 0.402. The highest BCUT2D eigenvalue weighted by Crippen LogP contribution is 2.22. The van der Waals surface area contributed by atoms with Gasteiger partial charge in [0.1, 0.15) is 4.64 Å². The zero-order valence-corrected chi connectivity index (χ0v) is 10.3. The Kier molecular flexibility index (Phi) is 2.63. The normalized spacial score (nSPS) is 11.7. The molecule has 0 aliphatic carbocycles. The molecular weight excluding hydrogens is 222 g/mol. The van der Waals surface area contributed by atoms with Crippen molar-refractivity contribution in [1.29, 1.82) is 0 Å². The summed E-state index contributed by atoms with van der Waals surface area (Å²) < 4.78 is 5.88. The number of nitrogens with zero attached hydrogens (tertiary/aromatic N) is 2. The van der Waals surface area contributed by atoms with Crippen LogP contribution in [0.25, 0.3) is 11.5 Å². The van der Waals surface area contributed by atoms with E-state index in [0.29, 0.717) is 16.4 Å². The minimum absolute atomic E-state index is 0.108. The van der Waals surface area contributed by atoms with E-state index in [1.54, 1.807) is 12.3 Å². The van der Waals surface area contributed by atoms with Crippen LogP contribution in [0.1, 0.15) is 26.6 Å². The molecule has 0 radical (unpaired) electrons. The lowest BCUT2D eigenvalue weighted by atomic mass is 9.96. The van der Waals surface area contributed by atoms with E-state index >= 15 is 0 Å². The number of H-pyrrole nitrogens is 1. The summed E-state index contributed by atoms with van der Waals surface area (Å²) in [5, 5.41) is 3.96. The molecule has 2 aromatic heterocycles. The standard InChI is InChI=1S/C11H13N3OS/c1-11(2,3)10-13-9(15-14-10)7-4-5-8(16)12-6-7/h4-6H,1-3H3,(H,12,16). The Balaban J connectivity index is 2.39. The highest BCUT2D eigenvalue weighted by Gasteiger charge is 2.21. The summed E-state index contributed by atoms with van der Waals surface area (Å²) in [6.07, 6.45) is 1.77. The van der Waals surface area contributed by atoms with Gasteiger partial charge in [0.25, 0.3) is 5.89 Å². The van der Waals surface area contributed by atoms with Crippen LogP contribution < -0.4 is 0 Å². The zero-order chi connectivity index (χ0) is 11.8. The Morgan fingerprint density at radius 3 is 2.56 bits per heavy atom. The van der Waals surface area contributed by atoms with Gasteiger partial charge in [-0.2, -0.15) is 4.98 Å². The van der Waals surface area contributed by atoms with Gasteiger partial charge in [0, 0.05) is 11.6 Å². The molecule has 0 unspecified atom stereocenters. The van der Waals surface area contributed by atoms with Gasteiger partial charge in [-0.3, -0.25) is 0 Å². The molecule has 0 atom stereocenters. The van der Waals surface area contributed by atoms with E-state index in [1.807, 2.05) is 26.8 Å². The van der Waals surface area contributed by atoms with Crippen LogP contribution in [-0.4, -0.2) is 15.1 Å². The lowest BCUT2D eigenvalue weighted by Crippen LogP contribution is -2.13. The average molecular weight is 235 g/mol. The Labute approximate surface area is 98.7 Å². The van der Waals surface area contributed by atoms with Crippen molar-refractivity contribution in [3.63, 3.8) is 0 Å². The molecule has 0 saturated carbocycles. The topological polar surface area (TPSA) is 54.7 Å². The van der Waals surface area contributed by atoms with Crippen molar-refractivity contribution >= 4 is 12.2 Å². The monoisotopic (exact) mass is 235 g/mol. The summed E-state index contributed by atoms with van der Waals surface area (Å²) in [6, 6.07) is 3.66. The van der Waals surface area contributed by atoms with Gasteiger partial charge in [0.05, 0.1) is 5.56 Å². The molecule has 0 spiro atoms. The van der Waals surface area contributed by atoms with E-state index < -0.39 is 0 Å². The Morgan fingerprint density at radius 2 is 2.06 bits per heavy atom. The SMILES string of the molecule is CC(C)(C)c1noc(-c2ccc(=S)[nH]c2)n1. The zero-order valence-electron chi connectivity index (χ0n) is 9.44. The van der Waals surface area contributed by atoms with Gasteiger partial charge in [0.15, 0.2) is 5.82 Å². The van der Waals surface area contributed by atoms with Gasteiger partial charge in [0.2, 0.25) is 0 Å². The van der Waals surface area contributed by atoms with Crippen LogP contribution in [0.2, 0.25) is 0 Å². The van der Waals surface area contributed by atoms with Crippen LogP contribution in [0.3, 0.4) is 0 Å². The van der Waals surface area contributed by atoms with Crippen LogP contribution >= 0.6 is 12.2 Å². The molecule has 0 fully saturated rings. The quantitative estimate of drug-likeness (QED) is 0.772. The number of hydrogen-bond acceptors (Lipinski definition) is 4. The van der Waals surface area contributed by atoms with Crippen molar-refractivity contribution < 1.29 is 4.52 Å². The van der Waals surface area contributed by atoms with Crippen LogP contribution in [0.4, 0.5) is 0 Å². The lowest BCUT2D eigenvalue weighted by Gasteiger charge is -2.10. The minimum Gasteiger partial charge on any atom is -0.352 e. The first kappa shape index (κ1) is 11.0. The number of pyridine rings is 1. The highest BCUT2D eigenvalue weighted by atomic mass is 32.1. The van der Waals surface area contributed by atoms with E-state index in [-0.39, 0.29) is 5.41 Å². The van der Waals surface area contributed by atoms with Crippen molar-refractivity contribution in [2.45, 2.75) is 26.2 Å². The van der Waals surface area contributed by atoms with Gasteiger partial charge in [-0.25, -0.2) is 0 Å². The number of aromatic nitrogens is 3. The van der Waals surface area contributed by atoms with Crippen molar-refractivity contribution in [3.05, 3.63) is 28.8 Å². The summed E-state index contributed by atoms with van der Waals surface area (Å²) >= 11 is 4.96. The molecule has 16 heavy (non-hydrogen) atoms. The summed E-state index contributed by atoms with van der Waals surface area (Å²) in [7, 11) is 0. The van der Waals surface area contributed by atoms with Crippen LogP contribution in [0, 0.1) is 4.64 Å². The van der Waals surface area contributed by atoms with Crippen molar-refractivity contribution in [2.75, 3.05) is 0 Å². The first-order chi connectivity index (χ1) is 7.47.